The minimum Gasteiger partial charge on any atom is -0.493 e. The standard InChI is InChI=1S/C12H20N2O2/c1-4-5-9(13)8-6-11(15-2)12(16-3)7-10(8)14/h6-7,9H,4-5,13-14H2,1-3H3. The lowest BCUT2D eigenvalue weighted by molar-refractivity contribution is 0.354. The van der Waals surface area contributed by atoms with Crippen molar-refractivity contribution in [1.82, 2.24) is 0 Å². The van der Waals surface area contributed by atoms with Gasteiger partial charge in [0.2, 0.25) is 0 Å². The minimum absolute atomic E-state index is 0.0511. The van der Waals surface area contributed by atoms with Crippen LogP contribution in [0, 0.1) is 0 Å². The van der Waals surface area contributed by atoms with Gasteiger partial charge in [-0.05, 0) is 18.1 Å². The Kier molecular flexibility index (Phi) is 4.43. The molecular weight excluding hydrogens is 204 g/mol. The zero-order valence-corrected chi connectivity index (χ0v) is 10.1. The normalized spacial score (nSPS) is 12.2. The molecule has 1 aromatic rings. The molecule has 0 aromatic heterocycles. The molecule has 0 aliphatic rings. The van der Waals surface area contributed by atoms with Crippen molar-refractivity contribution in [2.75, 3.05) is 20.0 Å². The van der Waals surface area contributed by atoms with Crippen molar-refractivity contribution in [1.29, 1.82) is 0 Å². The van der Waals surface area contributed by atoms with Crippen LogP contribution in [0.3, 0.4) is 0 Å². The average molecular weight is 224 g/mol. The first kappa shape index (κ1) is 12.6. The Morgan fingerprint density at radius 2 is 1.75 bits per heavy atom. The topological polar surface area (TPSA) is 70.5 Å². The van der Waals surface area contributed by atoms with E-state index in [1.165, 1.54) is 0 Å². The molecule has 0 amide bonds. The fraction of sp³-hybridized carbons (Fsp3) is 0.500. The highest BCUT2D eigenvalue weighted by Gasteiger charge is 2.13. The summed E-state index contributed by atoms with van der Waals surface area (Å²) in [6.45, 7) is 2.09. The minimum atomic E-state index is -0.0511. The number of hydrogen-bond acceptors (Lipinski definition) is 4. The van der Waals surface area contributed by atoms with E-state index in [4.69, 9.17) is 20.9 Å². The second-order valence-corrected chi connectivity index (χ2v) is 3.73. The molecule has 90 valence electrons. The monoisotopic (exact) mass is 224 g/mol. The van der Waals surface area contributed by atoms with Crippen molar-refractivity contribution in [3.05, 3.63) is 17.7 Å². The second kappa shape index (κ2) is 5.61. The summed E-state index contributed by atoms with van der Waals surface area (Å²) in [5, 5.41) is 0. The molecular formula is C12H20N2O2. The molecule has 16 heavy (non-hydrogen) atoms. The van der Waals surface area contributed by atoms with E-state index in [0.717, 1.165) is 18.4 Å². The molecule has 1 atom stereocenters. The third kappa shape index (κ3) is 2.58. The fourth-order valence-corrected chi connectivity index (χ4v) is 1.70. The Morgan fingerprint density at radius 1 is 1.19 bits per heavy atom. The fourth-order valence-electron chi connectivity index (χ4n) is 1.70. The number of methoxy groups -OCH3 is 2. The van der Waals surface area contributed by atoms with Crippen LogP contribution in [0.5, 0.6) is 11.5 Å². The summed E-state index contributed by atoms with van der Waals surface area (Å²) in [6, 6.07) is 3.56. The summed E-state index contributed by atoms with van der Waals surface area (Å²) < 4.78 is 10.4. The van der Waals surface area contributed by atoms with Gasteiger partial charge in [-0.25, -0.2) is 0 Å². The molecule has 1 aromatic carbocycles. The van der Waals surface area contributed by atoms with Crippen molar-refractivity contribution in [2.24, 2.45) is 5.73 Å². The number of nitrogens with two attached hydrogens (primary N) is 2. The smallest absolute Gasteiger partial charge is 0.162 e. The number of nitrogen functional groups attached to an aromatic ring is 1. The van der Waals surface area contributed by atoms with Gasteiger partial charge in [0, 0.05) is 17.8 Å². The van der Waals surface area contributed by atoms with E-state index in [0.29, 0.717) is 17.2 Å². The molecule has 4 heteroatoms. The first-order valence-electron chi connectivity index (χ1n) is 5.41. The van der Waals surface area contributed by atoms with E-state index in [2.05, 4.69) is 6.92 Å². The third-order valence-corrected chi connectivity index (χ3v) is 2.59. The molecule has 0 aliphatic heterocycles. The van der Waals surface area contributed by atoms with Gasteiger partial charge in [-0.2, -0.15) is 0 Å². The highest BCUT2D eigenvalue weighted by molar-refractivity contribution is 5.59. The summed E-state index contributed by atoms with van der Waals surface area (Å²) in [5.41, 5.74) is 13.5. The number of rotatable bonds is 5. The van der Waals surface area contributed by atoms with E-state index < -0.39 is 0 Å². The number of ether oxygens (including phenoxy) is 2. The largest absolute Gasteiger partial charge is 0.493 e. The number of hydrogen-bond donors (Lipinski definition) is 2. The molecule has 4 N–H and O–H groups in total. The van der Waals surface area contributed by atoms with Crippen LogP contribution in [0.15, 0.2) is 12.1 Å². The van der Waals surface area contributed by atoms with Gasteiger partial charge in [-0.1, -0.05) is 13.3 Å². The first-order chi connectivity index (χ1) is 7.63. The highest BCUT2D eigenvalue weighted by Crippen LogP contribution is 2.34. The first-order valence-corrected chi connectivity index (χ1v) is 5.41. The lowest BCUT2D eigenvalue weighted by Crippen LogP contribution is -2.12. The Morgan fingerprint density at radius 3 is 2.25 bits per heavy atom. The zero-order chi connectivity index (χ0) is 12.1. The molecule has 0 saturated heterocycles. The molecule has 0 bridgehead atoms. The molecule has 0 fully saturated rings. The van der Waals surface area contributed by atoms with Crippen molar-refractivity contribution >= 4 is 5.69 Å². The van der Waals surface area contributed by atoms with Crippen LogP contribution in [0.2, 0.25) is 0 Å². The molecule has 0 radical (unpaired) electrons. The summed E-state index contributed by atoms with van der Waals surface area (Å²) in [4.78, 5) is 0. The predicted molar refractivity (Wildman–Crippen MR) is 65.8 cm³/mol. The zero-order valence-electron chi connectivity index (χ0n) is 10.1. The van der Waals surface area contributed by atoms with Crippen molar-refractivity contribution in [3.8, 4) is 11.5 Å². The maximum absolute atomic E-state index is 6.05. The number of anilines is 1. The van der Waals surface area contributed by atoms with Crippen LogP contribution >= 0.6 is 0 Å². The quantitative estimate of drug-likeness (QED) is 0.751. The summed E-state index contributed by atoms with van der Waals surface area (Å²) in [6.07, 6.45) is 1.93. The lowest BCUT2D eigenvalue weighted by atomic mass is 10.0. The summed E-state index contributed by atoms with van der Waals surface area (Å²) in [7, 11) is 3.19. The van der Waals surface area contributed by atoms with Crippen LogP contribution in [0.1, 0.15) is 31.4 Å². The van der Waals surface area contributed by atoms with Gasteiger partial charge in [0.15, 0.2) is 11.5 Å². The highest BCUT2D eigenvalue weighted by atomic mass is 16.5. The molecule has 0 spiro atoms. The molecule has 1 rings (SSSR count). The van der Waals surface area contributed by atoms with E-state index >= 15 is 0 Å². The van der Waals surface area contributed by atoms with Gasteiger partial charge >= 0.3 is 0 Å². The van der Waals surface area contributed by atoms with Gasteiger partial charge in [0.25, 0.3) is 0 Å². The SMILES string of the molecule is CCCC(N)c1cc(OC)c(OC)cc1N. The van der Waals surface area contributed by atoms with Gasteiger partial charge < -0.3 is 20.9 Å². The van der Waals surface area contributed by atoms with Crippen LogP contribution in [0.4, 0.5) is 5.69 Å². The lowest BCUT2D eigenvalue weighted by Gasteiger charge is -2.16. The van der Waals surface area contributed by atoms with E-state index in [1.807, 2.05) is 6.07 Å². The third-order valence-electron chi connectivity index (χ3n) is 2.59. The van der Waals surface area contributed by atoms with E-state index in [9.17, 15) is 0 Å². The van der Waals surface area contributed by atoms with Gasteiger partial charge in [0.1, 0.15) is 0 Å². The molecule has 0 aliphatic carbocycles. The number of benzene rings is 1. The average Bonchev–Trinajstić information content (AvgIpc) is 2.28. The van der Waals surface area contributed by atoms with Crippen LogP contribution in [-0.4, -0.2) is 14.2 Å². The molecule has 0 saturated carbocycles. The van der Waals surface area contributed by atoms with E-state index in [1.54, 1.807) is 20.3 Å². The van der Waals surface area contributed by atoms with Crippen molar-refractivity contribution < 1.29 is 9.47 Å². The molecule has 0 heterocycles. The predicted octanol–water partition coefficient (Wildman–Crippen LogP) is 2.09. The Bertz CT molecular complexity index is 353. The Labute approximate surface area is 96.5 Å². The maximum atomic E-state index is 6.05. The van der Waals surface area contributed by atoms with Crippen molar-refractivity contribution in [2.45, 2.75) is 25.8 Å². The van der Waals surface area contributed by atoms with Gasteiger partial charge in [-0.15, -0.1) is 0 Å². The molecule has 4 nitrogen and oxygen atoms in total. The molecule has 1 unspecified atom stereocenters. The van der Waals surface area contributed by atoms with Crippen LogP contribution in [0.25, 0.3) is 0 Å². The van der Waals surface area contributed by atoms with E-state index in [-0.39, 0.29) is 6.04 Å². The van der Waals surface area contributed by atoms with Crippen molar-refractivity contribution in [3.63, 3.8) is 0 Å². The second-order valence-electron chi connectivity index (χ2n) is 3.73. The van der Waals surface area contributed by atoms with Gasteiger partial charge in [0.05, 0.1) is 14.2 Å². The van der Waals surface area contributed by atoms with Crippen LogP contribution < -0.4 is 20.9 Å². The Hall–Kier alpha value is -1.42. The summed E-state index contributed by atoms with van der Waals surface area (Å²) >= 11 is 0. The summed E-state index contributed by atoms with van der Waals surface area (Å²) in [5.74, 6) is 1.30. The maximum Gasteiger partial charge on any atom is 0.162 e. The Balaban J connectivity index is 3.10. The van der Waals surface area contributed by atoms with Crippen LogP contribution in [-0.2, 0) is 0 Å². The van der Waals surface area contributed by atoms with Gasteiger partial charge in [-0.3, -0.25) is 0 Å².